The Labute approximate surface area is 138 Å². The molecule has 8 nitrogen and oxygen atoms in total. The normalized spacial score (nSPS) is 11.2. The summed E-state index contributed by atoms with van der Waals surface area (Å²) in [6.45, 7) is 1.80. The minimum absolute atomic E-state index is 0.0428. The van der Waals surface area contributed by atoms with Crippen LogP contribution in [0.5, 0.6) is 5.88 Å². The summed E-state index contributed by atoms with van der Waals surface area (Å²) in [6, 6.07) is 6.59. The van der Waals surface area contributed by atoms with Crippen LogP contribution in [0.25, 0.3) is 11.3 Å². The molecule has 1 N–H and O–H groups in total. The van der Waals surface area contributed by atoms with E-state index in [1.54, 1.807) is 25.3 Å². The van der Waals surface area contributed by atoms with Gasteiger partial charge in [0.2, 0.25) is 5.88 Å². The van der Waals surface area contributed by atoms with Gasteiger partial charge >= 0.3 is 0 Å². The maximum Gasteiger partial charge on any atom is 0.263 e. The number of hydrogen-bond acceptors (Lipinski definition) is 7. The summed E-state index contributed by atoms with van der Waals surface area (Å²) in [5, 5.41) is 7.29. The third kappa shape index (κ3) is 3.20. The van der Waals surface area contributed by atoms with Crippen molar-refractivity contribution in [1.82, 2.24) is 15.2 Å². The van der Waals surface area contributed by atoms with Crippen molar-refractivity contribution in [3.05, 3.63) is 48.6 Å². The number of nitrogens with zero attached hydrogens (tertiary/aromatic N) is 3. The molecule has 0 atom stereocenters. The molecule has 124 valence electrons. The smallest absolute Gasteiger partial charge is 0.263 e. The topological polar surface area (TPSA) is 107 Å². The highest BCUT2D eigenvalue weighted by Gasteiger charge is 2.18. The fraction of sp³-hybridized carbons (Fsp3) is 0.133. The maximum atomic E-state index is 12.5. The van der Waals surface area contributed by atoms with Crippen molar-refractivity contribution in [2.24, 2.45) is 0 Å². The van der Waals surface area contributed by atoms with Gasteiger partial charge in [-0.3, -0.25) is 4.72 Å². The Kier molecular flexibility index (Phi) is 4.17. The summed E-state index contributed by atoms with van der Waals surface area (Å²) in [6.07, 6.45) is 4.02. The summed E-state index contributed by atoms with van der Waals surface area (Å²) < 4.78 is 37.8. The van der Waals surface area contributed by atoms with E-state index in [9.17, 15) is 8.42 Å². The molecule has 0 unspecified atom stereocenters. The molecule has 0 spiro atoms. The monoisotopic (exact) mass is 346 g/mol. The lowest BCUT2D eigenvalue weighted by Crippen LogP contribution is -2.14. The molecule has 3 aromatic rings. The predicted molar refractivity (Wildman–Crippen MR) is 86.1 cm³/mol. The molecule has 0 bridgehead atoms. The van der Waals surface area contributed by atoms with Gasteiger partial charge in [-0.15, -0.1) is 5.10 Å². The molecule has 0 aliphatic rings. The van der Waals surface area contributed by atoms with E-state index < -0.39 is 10.0 Å². The van der Waals surface area contributed by atoms with Crippen LogP contribution in [0, 0.1) is 6.92 Å². The lowest BCUT2D eigenvalue weighted by molar-refractivity contribution is 0.390. The van der Waals surface area contributed by atoms with E-state index in [0.717, 1.165) is 11.8 Å². The van der Waals surface area contributed by atoms with Crippen LogP contribution in [0.15, 0.2) is 52.4 Å². The van der Waals surface area contributed by atoms with Gasteiger partial charge in [-0.2, -0.15) is 5.10 Å². The number of aryl methyl sites for hydroxylation is 1. The summed E-state index contributed by atoms with van der Waals surface area (Å²) >= 11 is 0. The number of benzene rings is 1. The Hall–Kier alpha value is -2.94. The highest BCUT2D eigenvalue weighted by molar-refractivity contribution is 7.92. The fourth-order valence-corrected chi connectivity index (χ4v) is 3.09. The molecular formula is C15H14N4O4S. The molecule has 0 aliphatic heterocycles. The van der Waals surface area contributed by atoms with Crippen LogP contribution >= 0.6 is 0 Å². The average Bonchev–Trinajstić information content (AvgIpc) is 3.11. The van der Waals surface area contributed by atoms with Crippen LogP contribution in [-0.4, -0.2) is 30.7 Å². The first-order valence-corrected chi connectivity index (χ1v) is 8.37. The molecule has 0 amide bonds. The molecule has 0 aliphatic carbocycles. The molecule has 2 aromatic heterocycles. The first-order valence-electron chi connectivity index (χ1n) is 6.88. The van der Waals surface area contributed by atoms with E-state index in [1.165, 1.54) is 19.6 Å². The van der Waals surface area contributed by atoms with E-state index in [-0.39, 0.29) is 10.8 Å². The van der Waals surface area contributed by atoms with E-state index in [2.05, 4.69) is 19.9 Å². The summed E-state index contributed by atoms with van der Waals surface area (Å²) in [7, 11) is -2.44. The van der Waals surface area contributed by atoms with Gasteiger partial charge in [-0.25, -0.2) is 13.4 Å². The fourth-order valence-electron chi connectivity index (χ4n) is 2.02. The second-order valence-corrected chi connectivity index (χ2v) is 6.62. The van der Waals surface area contributed by atoms with Crippen LogP contribution in [0.1, 0.15) is 5.56 Å². The highest BCUT2D eigenvalue weighted by atomic mass is 32.2. The number of oxazole rings is 1. The summed E-state index contributed by atoms with van der Waals surface area (Å²) in [5.41, 5.74) is 1.90. The molecule has 0 saturated heterocycles. The van der Waals surface area contributed by atoms with Crippen molar-refractivity contribution in [1.29, 1.82) is 0 Å². The minimum atomic E-state index is -3.83. The number of hydrogen-bond donors (Lipinski definition) is 1. The average molecular weight is 346 g/mol. The van der Waals surface area contributed by atoms with Crippen molar-refractivity contribution in [3.8, 4) is 17.2 Å². The Bertz CT molecular complexity index is 955. The van der Waals surface area contributed by atoms with Crippen molar-refractivity contribution in [3.63, 3.8) is 0 Å². The van der Waals surface area contributed by atoms with Gasteiger partial charge in [-0.05, 0) is 18.6 Å². The highest BCUT2D eigenvalue weighted by Crippen LogP contribution is 2.27. The Morgan fingerprint density at radius 1 is 1.21 bits per heavy atom. The Balaban J connectivity index is 1.96. The first-order chi connectivity index (χ1) is 11.5. The van der Waals surface area contributed by atoms with Gasteiger partial charge in [0.05, 0.1) is 25.2 Å². The number of nitrogens with one attached hydrogen (secondary N) is 1. The SMILES string of the molecule is COc1cc(S(=O)(=O)Nc2cc(-c3cnco3)ccc2C)cnn1. The van der Waals surface area contributed by atoms with Crippen molar-refractivity contribution in [2.75, 3.05) is 11.8 Å². The zero-order chi connectivity index (χ0) is 17.2. The van der Waals surface area contributed by atoms with Crippen molar-refractivity contribution in [2.45, 2.75) is 11.8 Å². The number of methoxy groups -OCH3 is 1. The van der Waals surface area contributed by atoms with Crippen LogP contribution < -0.4 is 9.46 Å². The lowest BCUT2D eigenvalue weighted by atomic mass is 10.1. The zero-order valence-corrected chi connectivity index (χ0v) is 13.7. The molecular weight excluding hydrogens is 332 g/mol. The Morgan fingerprint density at radius 2 is 2.04 bits per heavy atom. The van der Waals surface area contributed by atoms with E-state index in [0.29, 0.717) is 17.0 Å². The van der Waals surface area contributed by atoms with Gasteiger partial charge in [-0.1, -0.05) is 12.1 Å². The van der Waals surface area contributed by atoms with Crippen molar-refractivity contribution < 1.29 is 17.6 Å². The number of anilines is 1. The summed E-state index contributed by atoms with van der Waals surface area (Å²) in [5.74, 6) is 0.660. The van der Waals surface area contributed by atoms with E-state index in [1.807, 2.05) is 6.07 Å². The van der Waals surface area contributed by atoms with Gasteiger partial charge in [0, 0.05) is 11.6 Å². The van der Waals surface area contributed by atoms with Crippen LogP contribution in [0.4, 0.5) is 5.69 Å². The molecule has 1 aromatic carbocycles. The minimum Gasteiger partial charge on any atom is -0.480 e. The summed E-state index contributed by atoms with van der Waals surface area (Å²) in [4.78, 5) is 3.81. The second-order valence-electron chi connectivity index (χ2n) is 4.93. The van der Waals surface area contributed by atoms with Gasteiger partial charge in [0.15, 0.2) is 12.2 Å². The van der Waals surface area contributed by atoms with E-state index in [4.69, 9.17) is 9.15 Å². The van der Waals surface area contributed by atoms with Gasteiger partial charge < -0.3 is 9.15 Å². The van der Waals surface area contributed by atoms with Crippen molar-refractivity contribution >= 4 is 15.7 Å². The molecule has 24 heavy (non-hydrogen) atoms. The predicted octanol–water partition coefficient (Wildman–Crippen LogP) is 2.25. The van der Waals surface area contributed by atoms with E-state index >= 15 is 0 Å². The molecule has 0 radical (unpaired) electrons. The number of ether oxygens (including phenoxy) is 1. The Morgan fingerprint density at radius 3 is 2.75 bits per heavy atom. The maximum absolute atomic E-state index is 12.5. The van der Waals surface area contributed by atoms with Gasteiger partial charge in [0.25, 0.3) is 10.0 Å². The van der Waals surface area contributed by atoms with Crippen LogP contribution in [0.3, 0.4) is 0 Å². The van der Waals surface area contributed by atoms with Crippen LogP contribution in [0.2, 0.25) is 0 Å². The zero-order valence-electron chi connectivity index (χ0n) is 12.9. The first kappa shape index (κ1) is 15.9. The molecule has 9 heteroatoms. The third-order valence-electron chi connectivity index (χ3n) is 3.33. The van der Waals surface area contributed by atoms with Gasteiger partial charge in [0.1, 0.15) is 4.90 Å². The molecule has 2 heterocycles. The number of aromatic nitrogens is 3. The second kappa shape index (κ2) is 6.28. The number of sulfonamides is 1. The standard InChI is InChI=1S/C15H14N4O4S/c1-10-3-4-11(14-8-16-9-23-14)5-13(10)19-24(20,21)12-6-15(22-2)18-17-7-12/h3-9,19H,1-2H3. The van der Waals surface area contributed by atoms with Crippen LogP contribution in [-0.2, 0) is 10.0 Å². The largest absolute Gasteiger partial charge is 0.480 e. The molecule has 0 saturated carbocycles. The third-order valence-corrected chi connectivity index (χ3v) is 4.66. The quantitative estimate of drug-likeness (QED) is 0.755. The lowest BCUT2D eigenvalue weighted by Gasteiger charge is -2.11. The number of rotatable bonds is 5. The molecule has 3 rings (SSSR count). The molecule has 0 fully saturated rings.